The minimum atomic E-state index is -3.41. The van der Waals surface area contributed by atoms with Gasteiger partial charge in [0, 0.05) is 36.6 Å². The second-order valence-corrected chi connectivity index (χ2v) is 10.7. The van der Waals surface area contributed by atoms with Crippen molar-refractivity contribution in [2.75, 3.05) is 26.2 Å². The van der Waals surface area contributed by atoms with Crippen LogP contribution in [0.4, 0.5) is 0 Å². The van der Waals surface area contributed by atoms with Crippen molar-refractivity contribution in [3.05, 3.63) is 17.0 Å². The monoisotopic (exact) mass is 373 g/mol. The van der Waals surface area contributed by atoms with Gasteiger partial charge in [-0.2, -0.15) is 4.31 Å². The molecule has 0 aromatic carbocycles. The lowest BCUT2D eigenvalue weighted by molar-refractivity contribution is -0.127. The molecule has 2 rings (SSSR count). The van der Waals surface area contributed by atoms with E-state index in [9.17, 15) is 13.2 Å². The average molecular weight is 374 g/mol. The Balaban J connectivity index is 1.97. The van der Waals surface area contributed by atoms with Gasteiger partial charge >= 0.3 is 0 Å². The summed E-state index contributed by atoms with van der Waals surface area (Å²) in [7, 11) is -3.41. The number of aryl methyl sites for hydroxylation is 1. The maximum absolute atomic E-state index is 12.6. The van der Waals surface area contributed by atoms with E-state index in [1.165, 1.54) is 15.6 Å². The number of hydrogen-bond acceptors (Lipinski definition) is 5. The van der Waals surface area contributed by atoms with Crippen LogP contribution < -0.4 is 5.32 Å². The summed E-state index contributed by atoms with van der Waals surface area (Å²) in [6.07, 6.45) is 0. The van der Waals surface area contributed by atoms with Crippen LogP contribution in [0.1, 0.15) is 32.6 Å². The minimum Gasteiger partial charge on any atom is -0.350 e. The van der Waals surface area contributed by atoms with Crippen LogP contribution in [0.5, 0.6) is 0 Å². The topological polar surface area (TPSA) is 69.7 Å². The van der Waals surface area contributed by atoms with E-state index in [2.05, 4.69) is 5.32 Å². The maximum atomic E-state index is 12.6. The first-order valence-electron chi connectivity index (χ1n) is 8.13. The highest BCUT2D eigenvalue weighted by molar-refractivity contribution is 7.91. The van der Waals surface area contributed by atoms with Crippen molar-refractivity contribution in [3.8, 4) is 0 Å². The lowest BCUT2D eigenvalue weighted by Crippen LogP contribution is -2.56. The quantitative estimate of drug-likeness (QED) is 0.872. The first kappa shape index (κ1) is 19.4. The SMILES string of the molecule is Cc1ccc(S(=O)(=O)N2CCN([C@H](C)C(=O)NC(C)(C)C)CC2)s1. The van der Waals surface area contributed by atoms with E-state index >= 15 is 0 Å². The molecule has 1 saturated heterocycles. The fourth-order valence-corrected chi connectivity index (χ4v) is 5.51. The molecule has 0 spiro atoms. The molecule has 1 N–H and O–H groups in total. The summed E-state index contributed by atoms with van der Waals surface area (Å²) in [5.74, 6) is -0.0207. The smallest absolute Gasteiger partial charge is 0.252 e. The highest BCUT2D eigenvalue weighted by Gasteiger charge is 2.33. The summed E-state index contributed by atoms with van der Waals surface area (Å²) in [6.45, 7) is 11.6. The first-order valence-corrected chi connectivity index (χ1v) is 10.4. The Morgan fingerprint density at radius 1 is 1.21 bits per heavy atom. The Morgan fingerprint density at radius 2 is 1.79 bits per heavy atom. The Hall–Kier alpha value is -0.960. The number of nitrogens with zero attached hydrogens (tertiary/aromatic N) is 2. The lowest BCUT2D eigenvalue weighted by Gasteiger charge is -2.37. The predicted octanol–water partition coefficient (Wildman–Crippen LogP) is 1.67. The van der Waals surface area contributed by atoms with Gasteiger partial charge in [-0.3, -0.25) is 9.69 Å². The fourth-order valence-electron chi connectivity index (χ4n) is 2.65. The number of piperazine rings is 1. The van der Waals surface area contributed by atoms with E-state index in [1.54, 1.807) is 6.07 Å². The molecule has 1 aliphatic heterocycles. The molecule has 1 amide bonds. The third-order valence-electron chi connectivity index (χ3n) is 4.01. The second-order valence-electron chi connectivity index (χ2n) is 7.22. The highest BCUT2D eigenvalue weighted by Crippen LogP contribution is 2.25. The lowest BCUT2D eigenvalue weighted by atomic mass is 10.1. The molecule has 1 atom stereocenters. The molecule has 1 fully saturated rings. The zero-order valence-corrected chi connectivity index (χ0v) is 16.6. The third kappa shape index (κ3) is 4.56. The molecular weight excluding hydrogens is 346 g/mol. The average Bonchev–Trinajstić information content (AvgIpc) is 2.92. The summed E-state index contributed by atoms with van der Waals surface area (Å²) in [5.41, 5.74) is -0.270. The van der Waals surface area contributed by atoms with Gasteiger partial charge in [-0.15, -0.1) is 11.3 Å². The zero-order valence-electron chi connectivity index (χ0n) is 15.0. The highest BCUT2D eigenvalue weighted by atomic mass is 32.2. The van der Waals surface area contributed by atoms with Crippen LogP contribution in [0.15, 0.2) is 16.3 Å². The van der Waals surface area contributed by atoms with Gasteiger partial charge in [-0.25, -0.2) is 8.42 Å². The number of carbonyl (C=O) groups excluding carboxylic acids is 1. The number of rotatable bonds is 4. The zero-order chi connectivity index (χ0) is 18.1. The molecule has 0 radical (unpaired) electrons. The van der Waals surface area contributed by atoms with Gasteiger partial charge in [-0.05, 0) is 46.8 Å². The van der Waals surface area contributed by atoms with Crippen molar-refractivity contribution in [3.63, 3.8) is 0 Å². The van der Waals surface area contributed by atoms with Gasteiger partial charge in [0.25, 0.3) is 10.0 Å². The van der Waals surface area contributed by atoms with Crippen LogP contribution in [0.25, 0.3) is 0 Å². The second kappa shape index (κ2) is 7.11. The molecule has 6 nitrogen and oxygen atoms in total. The van der Waals surface area contributed by atoms with Crippen molar-refractivity contribution in [2.45, 2.75) is 50.4 Å². The Kier molecular flexibility index (Phi) is 5.74. The van der Waals surface area contributed by atoms with Crippen LogP contribution in [0.3, 0.4) is 0 Å². The molecular formula is C16H27N3O3S2. The molecule has 0 unspecified atom stereocenters. The van der Waals surface area contributed by atoms with E-state index in [4.69, 9.17) is 0 Å². The van der Waals surface area contributed by atoms with Crippen LogP contribution in [-0.4, -0.2) is 61.3 Å². The van der Waals surface area contributed by atoms with Gasteiger partial charge < -0.3 is 5.32 Å². The molecule has 1 aliphatic rings. The molecule has 136 valence electrons. The molecule has 0 aliphatic carbocycles. The Morgan fingerprint density at radius 3 is 2.25 bits per heavy atom. The molecule has 2 heterocycles. The molecule has 1 aromatic heterocycles. The van der Waals surface area contributed by atoms with Gasteiger partial charge in [0.05, 0.1) is 6.04 Å². The van der Waals surface area contributed by atoms with E-state index in [0.717, 1.165) is 4.88 Å². The summed E-state index contributed by atoms with van der Waals surface area (Å²) in [6, 6.07) is 3.23. The summed E-state index contributed by atoms with van der Waals surface area (Å²) in [5, 5.41) is 2.98. The predicted molar refractivity (Wildman–Crippen MR) is 96.7 cm³/mol. The van der Waals surface area contributed by atoms with E-state index in [-0.39, 0.29) is 17.5 Å². The van der Waals surface area contributed by atoms with Crippen LogP contribution >= 0.6 is 11.3 Å². The van der Waals surface area contributed by atoms with Crippen molar-refractivity contribution in [1.29, 1.82) is 0 Å². The van der Waals surface area contributed by atoms with E-state index in [1.807, 2.05) is 45.6 Å². The van der Waals surface area contributed by atoms with Crippen molar-refractivity contribution < 1.29 is 13.2 Å². The molecule has 0 bridgehead atoms. The summed E-state index contributed by atoms with van der Waals surface area (Å²) >= 11 is 1.30. The number of sulfonamides is 1. The van der Waals surface area contributed by atoms with Crippen molar-refractivity contribution in [1.82, 2.24) is 14.5 Å². The maximum Gasteiger partial charge on any atom is 0.252 e. The molecule has 1 aromatic rings. The number of hydrogen-bond donors (Lipinski definition) is 1. The van der Waals surface area contributed by atoms with E-state index in [0.29, 0.717) is 30.4 Å². The van der Waals surface area contributed by atoms with Crippen LogP contribution in [-0.2, 0) is 14.8 Å². The van der Waals surface area contributed by atoms with Crippen LogP contribution in [0, 0.1) is 6.92 Å². The Labute approximate surface area is 148 Å². The van der Waals surface area contributed by atoms with Gasteiger partial charge in [0.1, 0.15) is 4.21 Å². The summed E-state index contributed by atoms with van der Waals surface area (Å²) in [4.78, 5) is 15.3. The fraction of sp³-hybridized carbons (Fsp3) is 0.688. The Bertz CT molecular complexity index is 684. The number of carbonyl (C=O) groups is 1. The standard InChI is InChI=1S/C16H27N3O3S2/c1-12-6-7-14(23-12)24(21,22)19-10-8-18(9-11-19)13(2)15(20)17-16(3,4)5/h6-7,13H,8-11H2,1-5H3,(H,17,20)/t13-/m1/s1. The third-order valence-corrected chi connectivity index (χ3v) is 7.38. The van der Waals surface area contributed by atoms with Crippen molar-refractivity contribution in [2.24, 2.45) is 0 Å². The van der Waals surface area contributed by atoms with Gasteiger partial charge in [0.15, 0.2) is 0 Å². The van der Waals surface area contributed by atoms with E-state index < -0.39 is 10.0 Å². The van der Waals surface area contributed by atoms with Crippen LogP contribution in [0.2, 0.25) is 0 Å². The molecule has 0 saturated carbocycles. The minimum absolute atomic E-state index is 0.0207. The molecule has 24 heavy (non-hydrogen) atoms. The normalized spacial score (nSPS) is 19.2. The number of nitrogens with one attached hydrogen (secondary N) is 1. The van der Waals surface area contributed by atoms with Gasteiger partial charge in [0.2, 0.25) is 5.91 Å². The van der Waals surface area contributed by atoms with Gasteiger partial charge in [-0.1, -0.05) is 0 Å². The van der Waals surface area contributed by atoms with Crippen molar-refractivity contribution >= 4 is 27.3 Å². The number of thiophene rings is 1. The largest absolute Gasteiger partial charge is 0.350 e. The number of amides is 1. The summed E-state index contributed by atoms with van der Waals surface area (Å²) < 4.78 is 27.2. The first-order chi connectivity index (χ1) is 11.0. The molecule has 8 heteroatoms.